The molecular formula is C11H8BrF2N3. The van der Waals surface area contributed by atoms with Crippen LogP contribution < -0.4 is 11.1 Å². The number of nitrogens with zero attached hydrogens (tertiary/aromatic N) is 1. The Hall–Kier alpha value is -1.69. The van der Waals surface area contributed by atoms with Crippen molar-refractivity contribution in [1.29, 1.82) is 0 Å². The number of nitrogens with one attached hydrogen (secondary N) is 1. The Kier molecular flexibility index (Phi) is 3.23. The summed E-state index contributed by atoms with van der Waals surface area (Å²) in [5, 5.41) is 2.58. The summed E-state index contributed by atoms with van der Waals surface area (Å²) in [5.41, 5.74) is 5.67. The molecule has 0 bridgehead atoms. The molecule has 3 nitrogen and oxygen atoms in total. The zero-order chi connectivity index (χ0) is 12.4. The molecule has 3 N–H and O–H groups in total. The van der Waals surface area contributed by atoms with Crippen LogP contribution in [0.1, 0.15) is 0 Å². The largest absolute Gasteiger partial charge is 0.382 e. The Labute approximate surface area is 105 Å². The molecule has 1 heterocycles. The lowest BCUT2D eigenvalue weighted by molar-refractivity contribution is 0.589. The van der Waals surface area contributed by atoms with Gasteiger partial charge in [0.2, 0.25) is 0 Å². The monoisotopic (exact) mass is 299 g/mol. The van der Waals surface area contributed by atoms with Crippen molar-refractivity contribution in [2.24, 2.45) is 0 Å². The first kappa shape index (κ1) is 11.8. The average molecular weight is 300 g/mol. The highest BCUT2D eigenvalue weighted by Gasteiger charge is 2.11. The molecule has 0 radical (unpaired) electrons. The standard InChI is InChI=1S/C11H8BrF2N3/c12-6-4-7(13)10(8(14)5-6)17-9-2-1-3-16-11(9)15/h1-5,17H,(H2,15,16). The van der Waals surface area contributed by atoms with Crippen LogP contribution in [-0.2, 0) is 0 Å². The first-order valence-corrected chi connectivity index (χ1v) is 5.49. The maximum absolute atomic E-state index is 13.5. The van der Waals surface area contributed by atoms with Gasteiger partial charge in [-0.1, -0.05) is 15.9 Å². The van der Waals surface area contributed by atoms with Crippen molar-refractivity contribution in [2.75, 3.05) is 11.1 Å². The van der Waals surface area contributed by atoms with Gasteiger partial charge in [0.1, 0.15) is 11.5 Å². The lowest BCUT2D eigenvalue weighted by Gasteiger charge is -2.10. The van der Waals surface area contributed by atoms with Crippen LogP contribution >= 0.6 is 15.9 Å². The Morgan fingerprint density at radius 1 is 1.24 bits per heavy atom. The molecule has 2 rings (SSSR count). The van der Waals surface area contributed by atoms with Gasteiger partial charge in [0.25, 0.3) is 0 Å². The molecule has 6 heteroatoms. The Morgan fingerprint density at radius 2 is 1.88 bits per heavy atom. The first-order valence-electron chi connectivity index (χ1n) is 4.70. The molecule has 0 aliphatic carbocycles. The van der Waals surface area contributed by atoms with E-state index in [2.05, 4.69) is 26.2 Å². The van der Waals surface area contributed by atoms with Crippen molar-refractivity contribution in [3.05, 3.63) is 46.6 Å². The molecule has 88 valence electrons. The van der Waals surface area contributed by atoms with Crippen LogP contribution in [0.25, 0.3) is 0 Å². The van der Waals surface area contributed by atoms with Gasteiger partial charge in [-0.3, -0.25) is 0 Å². The van der Waals surface area contributed by atoms with Crippen molar-refractivity contribution in [1.82, 2.24) is 4.98 Å². The molecule has 2 aromatic rings. The number of hydrogen-bond acceptors (Lipinski definition) is 3. The number of halogens is 3. The number of benzene rings is 1. The number of pyridine rings is 1. The zero-order valence-electron chi connectivity index (χ0n) is 8.55. The quantitative estimate of drug-likeness (QED) is 0.893. The number of anilines is 3. The van der Waals surface area contributed by atoms with Crippen LogP contribution in [0.5, 0.6) is 0 Å². The summed E-state index contributed by atoms with van der Waals surface area (Å²) in [5.74, 6) is -1.24. The number of aromatic nitrogens is 1. The second-order valence-electron chi connectivity index (χ2n) is 3.31. The fourth-order valence-corrected chi connectivity index (χ4v) is 1.72. The minimum Gasteiger partial charge on any atom is -0.382 e. The van der Waals surface area contributed by atoms with E-state index in [-0.39, 0.29) is 11.5 Å². The summed E-state index contributed by atoms with van der Waals surface area (Å²) >= 11 is 3.00. The van der Waals surface area contributed by atoms with E-state index in [0.29, 0.717) is 10.2 Å². The number of hydrogen-bond donors (Lipinski definition) is 2. The van der Waals surface area contributed by atoms with Crippen molar-refractivity contribution >= 4 is 33.1 Å². The van der Waals surface area contributed by atoms with E-state index in [1.165, 1.54) is 6.20 Å². The molecule has 0 fully saturated rings. The third-order valence-electron chi connectivity index (χ3n) is 2.11. The van der Waals surface area contributed by atoms with Gasteiger partial charge in [-0.15, -0.1) is 0 Å². The fourth-order valence-electron chi connectivity index (χ4n) is 1.32. The molecule has 0 atom stereocenters. The number of rotatable bonds is 2. The fraction of sp³-hybridized carbons (Fsp3) is 0. The Morgan fingerprint density at radius 3 is 2.47 bits per heavy atom. The topological polar surface area (TPSA) is 50.9 Å². The van der Waals surface area contributed by atoms with E-state index in [4.69, 9.17) is 5.73 Å². The summed E-state index contributed by atoms with van der Waals surface area (Å²) in [7, 11) is 0. The average Bonchev–Trinajstić information content (AvgIpc) is 2.25. The lowest BCUT2D eigenvalue weighted by atomic mass is 10.2. The predicted molar refractivity (Wildman–Crippen MR) is 66.0 cm³/mol. The SMILES string of the molecule is Nc1ncccc1Nc1c(F)cc(Br)cc1F. The smallest absolute Gasteiger partial charge is 0.150 e. The van der Waals surface area contributed by atoms with E-state index in [1.807, 2.05) is 0 Å². The second kappa shape index (κ2) is 4.67. The molecule has 1 aromatic heterocycles. The Balaban J connectivity index is 2.40. The molecule has 0 unspecified atom stereocenters. The van der Waals surface area contributed by atoms with Crippen LogP contribution in [0.2, 0.25) is 0 Å². The summed E-state index contributed by atoms with van der Waals surface area (Å²) in [6, 6.07) is 5.53. The Bertz CT molecular complexity index is 537. The third kappa shape index (κ3) is 2.52. The van der Waals surface area contributed by atoms with E-state index in [1.54, 1.807) is 12.1 Å². The van der Waals surface area contributed by atoms with Crippen LogP contribution in [0.4, 0.5) is 26.0 Å². The molecule has 0 aliphatic rings. The second-order valence-corrected chi connectivity index (χ2v) is 4.22. The highest BCUT2D eigenvalue weighted by molar-refractivity contribution is 9.10. The minimum absolute atomic E-state index is 0.175. The van der Waals surface area contributed by atoms with Crippen LogP contribution in [-0.4, -0.2) is 4.98 Å². The van der Waals surface area contributed by atoms with Gasteiger partial charge in [0.15, 0.2) is 11.6 Å². The van der Waals surface area contributed by atoms with Crippen LogP contribution in [0.15, 0.2) is 34.9 Å². The van der Waals surface area contributed by atoms with Crippen molar-refractivity contribution in [2.45, 2.75) is 0 Å². The first-order chi connectivity index (χ1) is 8.08. The molecule has 0 saturated carbocycles. The third-order valence-corrected chi connectivity index (χ3v) is 2.56. The highest BCUT2D eigenvalue weighted by atomic mass is 79.9. The van der Waals surface area contributed by atoms with E-state index >= 15 is 0 Å². The molecule has 0 saturated heterocycles. The predicted octanol–water partition coefficient (Wildman–Crippen LogP) is 3.45. The van der Waals surface area contributed by atoms with Crippen LogP contribution in [0, 0.1) is 11.6 Å². The molecular weight excluding hydrogens is 292 g/mol. The maximum atomic E-state index is 13.5. The molecule has 0 aliphatic heterocycles. The van der Waals surface area contributed by atoms with Gasteiger partial charge < -0.3 is 11.1 Å². The van der Waals surface area contributed by atoms with Gasteiger partial charge in [-0.05, 0) is 24.3 Å². The molecule has 17 heavy (non-hydrogen) atoms. The molecule has 0 amide bonds. The van der Waals surface area contributed by atoms with Gasteiger partial charge in [-0.25, -0.2) is 13.8 Å². The van der Waals surface area contributed by atoms with E-state index in [9.17, 15) is 8.78 Å². The van der Waals surface area contributed by atoms with Gasteiger partial charge in [-0.2, -0.15) is 0 Å². The van der Waals surface area contributed by atoms with Gasteiger partial charge >= 0.3 is 0 Å². The van der Waals surface area contributed by atoms with Crippen molar-refractivity contribution in [3.63, 3.8) is 0 Å². The minimum atomic E-state index is -0.708. The lowest BCUT2D eigenvalue weighted by Crippen LogP contribution is -2.02. The van der Waals surface area contributed by atoms with Crippen molar-refractivity contribution < 1.29 is 8.78 Å². The summed E-state index contributed by atoms with van der Waals surface area (Å²) in [6.45, 7) is 0. The molecule has 0 spiro atoms. The van der Waals surface area contributed by atoms with Gasteiger partial charge in [0, 0.05) is 10.7 Å². The highest BCUT2D eigenvalue weighted by Crippen LogP contribution is 2.28. The number of nitrogen functional groups attached to an aromatic ring is 1. The normalized spacial score (nSPS) is 10.3. The van der Waals surface area contributed by atoms with E-state index < -0.39 is 11.6 Å². The van der Waals surface area contributed by atoms with Crippen LogP contribution in [0.3, 0.4) is 0 Å². The maximum Gasteiger partial charge on any atom is 0.150 e. The zero-order valence-corrected chi connectivity index (χ0v) is 10.1. The number of nitrogens with two attached hydrogens (primary N) is 1. The summed E-state index contributed by atoms with van der Waals surface area (Å²) in [4.78, 5) is 3.81. The molecule has 1 aromatic carbocycles. The summed E-state index contributed by atoms with van der Waals surface area (Å²) < 4.78 is 27.4. The summed E-state index contributed by atoms with van der Waals surface area (Å²) in [6.07, 6.45) is 1.49. The van der Waals surface area contributed by atoms with E-state index in [0.717, 1.165) is 12.1 Å². The van der Waals surface area contributed by atoms with Crippen molar-refractivity contribution in [3.8, 4) is 0 Å². The van der Waals surface area contributed by atoms with Gasteiger partial charge in [0.05, 0.1) is 5.69 Å².